The van der Waals surface area contributed by atoms with E-state index in [-0.39, 0.29) is 23.4 Å². The van der Waals surface area contributed by atoms with Gasteiger partial charge in [-0.3, -0.25) is 9.69 Å². The largest absolute Gasteiger partial charge is 0.356 e. The van der Waals surface area contributed by atoms with Gasteiger partial charge in [-0.1, -0.05) is 55.3 Å². The van der Waals surface area contributed by atoms with Crippen LogP contribution in [0.5, 0.6) is 0 Å². The summed E-state index contributed by atoms with van der Waals surface area (Å²) in [5, 5.41) is 3.76. The van der Waals surface area contributed by atoms with Gasteiger partial charge in [-0.25, -0.2) is 8.42 Å². The molecule has 2 aromatic carbocycles. The topological polar surface area (TPSA) is 69.7 Å². The number of amides is 1. The van der Waals surface area contributed by atoms with E-state index in [4.69, 9.17) is 11.6 Å². The second-order valence-electron chi connectivity index (χ2n) is 13.4. The molecule has 0 radical (unpaired) electrons. The van der Waals surface area contributed by atoms with Crippen LogP contribution in [0.1, 0.15) is 94.2 Å². The average molecular weight is 628 g/mol. The number of carbonyl (C=O) groups is 1. The Morgan fingerprint density at radius 1 is 0.977 bits per heavy atom. The third-order valence-electron chi connectivity index (χ3n) is 10.5. The fraction of sp³-hybridized carbons (Fsp3) is 0.629. The van der Waals surface area contributed by atoms with E-state index >= 15 is 0 Å². The van der Waals surface area contributed by atoms with Crippen molar-refractivity contribution in [2.45, 2.75) is 108 Å². The molecule has 8 heteroatoms. The van der Waals surface area contributed by atoms with Gasteiger partial charge >= 0.3 is 0 Å². The zero-order chi connectivity index (χ0) is 30.6. The summed E-state index contributed by atoms with van der Waals surface area (Å²) in [7, 11) is -3.69. The zero-order valence-corrected chi connectivity index (χ0v) is 27.9. The van der Waals surface area contributed by atoms with E-state index in [0.29, 0.717) is 40.9 Å². The summed E-state index contributed by atoms with van der Waals surface area (Å²) < 4.78 is 29.3. The molecule has 0 spiro atoms. The van der Waals surface area contributed by atoms with E-state index in [1.807, 2.05) is 13.8 Å². The van der Waals surface area contributed by atoms with Crippen LogP contribution in [0.15, 0.2) is 47.4 Å². The molecular weight excluding hydrogens is 578 g/mol. The van der Waals surface area contributed by atoms with Gasteiger partial charge in [0.2, 0.25) is 15.9 Å². The number of nitrogens with zero attached hydrogens (tertiary/aromatic N) is 2. The van der Waals surface area contributed by atoms with Gasteiger partial charge in [-0.15, -0.1) is 0 Å². The first-order valence-electron chi connectivity index (χ1n) is 16.5. The molecule has 43 heavy (non-hydrogen) atoms. The monoisotopic (exact) mass is 627 g/mol. The predicted molar refractivity (Wildman–Crippen MR) is 175 cm³/mol. The second-order valence-corrected chi connectivity index (χ2v) is 15.7. The van der Waals surface area contributed by atoms with Crippen molar-refractivity contribution in [3.05, 3.63) is 64.2 Å². The summed E-state index contributed by atoms with van der Waals surface area (Å²) in [5.74, 6) is 0.591. The number of likely N-dealkylation sites (tertiary alicyclic amines) is 1. The third kappa shape index (κ3) is 7.16. The molecule has 0 aromatic heterocycles. The molecule has 2 saturated heterocycles. The molecule has 3 fully saturated rings. The van der Waals surface area contributed by atoms with Gasteiger partial charge in [-0.05, 0) is 125 Å². The molecule has 2 aliphatic heterocycles. The van der Waals surface area contributed by atoms with Crippen LogP contribution >= 0.6 is 11.6 Å². The Bertz CT molecular complexity index is 1350. The van der Waals surface area contributed by atoms with Gasteiger partial charge in [0, 0.05) is 36.1 Å². The van der Waals surface area contributed by atoms with Gasteiger partial charge in [-0.2, -0.15) is 4.31 Å². The number of piperidine rings is 1. The van der Waals surface area contributed by atoms with Crippen LogP contribution in [0.3, 0.4) is 0 Å². The maximum absolute atomic E-state index is 13.8. The smallest absolute Gasteiger partial charge is 0.243 e. The fourth-order valence-electron chi connectivity index (χ4n) is 8.00. The van der Waals surface area contributed by atoms with Crippen molar-refractivity contribution < 1.29 is 13.2 Å². The molecule has 2 heterocycles. The Hall–Kier alpha value is -1.93. The molecule has 0 bridgehead atoms. The number of benzene rings is 2. The van der Waals surface area contributed by atoms with E-state index in [1.165, 1.54) is 57.2 Å². The number of aryl methyl sites for hydroxylation is 2. The van der Waals surface area contributed by atoms with Crippen LogP contribution < -0.4 is 5.32 Å². The van der Waals surface area contributed by atoms with Gasteiger partial charge in [0.05, 0.1) is 4.90 Å². The number of hydrogen-bond donors (Lipinski definition) is 1. The highest BCUT2D eigenvalue weighted by Crippen LogP contribution is 2.46. The molecule has 1 aliphatic carbocycles. The number of sulfonamides is 1. The number of halogens is 1. The van der Waals surface area contributed by atoms with Crippen molar-refractivity contribution in [2.75, 3.05) is 26.2 Å². The van der Waals surface area contributed by atoms with Crippen molar-refractivity contribution in [3.8, 4) is 0 Å². The van der Waals surface area contributed by atoms with Crippen molar-refractivity contribution in [1.82, 2.24) is 14.5 Å². The highest BCUT2D eigenvalue weighted by molar-refractivity contribution is 7.89. The minimum atomic E-state index is -3.69. The normalized spacial score (nSPS) is 26.3. The number of carbonyl (C=O) groups excluding carboxylic acids is 1. The second kappa shape index (κ2) is 14.0. The Balaban J connectivity index is 1.14. The standard InChI is InChI=1S/C35H50ClN3O3S/c1-26-24-33(28(3)23-31(26)36)43(41,42)39-22-8-7-13-32(39)27(2)25-34(40)37-19-16-29-14-17-35(18-15-29,38-20-9-10-21-38)30-11-5-4-6-12-30/h4-6,11-12,23-24,27,29,32H,7-10,13-22,25H2,1-3H3,(H,37,40). The van der Waals surface area contributed by atoms with Crippen LogP contribution in [0.4, 0.5) is 0 Å². The van der Waals surface area contributed by atoms with Crippen LogP contribution in [-0.4, -0.2) is 55.8 Å². The summed E-state index contributed by atoms with van der Waals surface area (Å²) in [6.07, 6.45) is 11.3. The molecule has 2 aromatic rings. The Morgan fingerprint density at radius 3 is 2.35 bits per heavy atom. The SMILES string of the molecule is Cc1cc(S(=O)(=O)N2CCCCC2C(C)CC(=O)NCCC2CCC(c3ccccc3)(N3CCCC3)CC2)c(C)cc1Cl. The van der Waals surface area contributed by atoms with Crippen molar-refractivity contribution in [2.24, 2.45) is 11.8 Å². The van der Waals surface area contributed by atoms with Gasteiger partial charge in [0.1, 0.15) is 0 Å². The zero-order valence-electron chi connectivity index (χ0n) is 26.3. The summed E-state index contributed by atoms with van der Waals surface area (Å²) in [5.41, 5.74) is 3.06. The lowest BCUT2D eigenvalue weighted by atomic mass is 9.71. The van der Waals surface area contributed by atoms with E-state index in [1.54, 1.807) is 23.4 Å². The lowest BCUT2D eigenvalue weighted by Crippen LogP contribution is -2.48. The molecule has 1 N–H and O–H groups in total. The summed E-state index contributed by atoms with van der Waals surface area (Å²) in [4.78, 5) is 16.1. The first-order valence-corrected chi connectivity index (χ1v) is 18.3. The first kappa shape index (κ1) is 32.5. The number of hydrogen-bond acceptors (Lipinski definition) is 4. The van der Waals surface area contributed by atoms with Gasteiger partial charge in [0.15, 0.2) is 0 Å². The Labute approximate surface area is 264 Å². The highest BCUT2D eigenvalue weighted by atomic mass is 35.5. The summed E-state index contributed by atoms with van der Waals surface area (Å²) >= 11 is 6.26. The van der Waals surface area contributed by atoms with Crippen LogP contribution in [0, 0.1) is 25.7 Å². The highest BCUT2D eigenvalue weighted by Gasteiger charge is 2.42. The number of nitrogens with one attached hydrogen (secondary N) is 1. The van der Waals surface area contributed by atoms with E-state index < -0.39 is 10.0 Å². The fourth-order valence-corrected chi connectivity index (χ4v) is 10.3. The van der Waals surface area contributed by atoms with Gasteiger partial charge < -0.3 is 5.32 Å². The van der Waals surface area contributed by atoms with E-state index in [0.717, 1.165) is 31.2 Å². The molecule has 3 aliphatic rings. The molecular formula is C35H50ClN3O3S. The van der Waals surface area contributed by atoms with Crippen molar-refractivity contribution in [1.29, 1.82) is 0 Å². The quantitative estimate of drug-likeness (QED) is 0.302. The lowest BCUT2D eigenvalue weighted by molar-refractivity contribution is -0.122. The minimum absolute atomic E-state index is 0.0282. The molecule has 1 amide bonds. The maximum atomic E-state index is 13.8. The maximum Gasteiger partial charge on any atom is 0.243 e. The average Bonchev–Trinajstić information content (AvgIpc) is 3.56. The number of rotatable bonds is 10. The van der Waals surface area contributed by atoms with Gasteiger partial charge in [0.25, 0.3) is 0 Å². The summed E-state index contributed by atoms with van der Waals surface area (Å²) in [6, 6.07) is 14.3. The predicted octanol–water partition coefficient (Wildman–Crippen LogP) is 7.21. The first-order chi connectivity index (χ1) is 20.6. The third-order valence-corrected chi connectivity index (χ3v) is 13.0. The molecule has 5 rings (SSSR count). The Morgan fingerprint density at radius 2 is 1.65 bits per heavy atom. The van der Waals surface area contributed by atoms with Crippen LogP contribution in [-0.2, 0) is 20.4 Å². The van der Waals surface area contributed by atoms with Crippen LogP contribution in [0.25, 0.3) is 0 Å². The molecule has 1 saturated carbocycles. The Kier molecular flexibility index (Phi) is 10.6. The van der Waals surface area contributed by atoms with Crippen molar-refractivity contribution in [3.63, 3.8) is 0 Å². The molecule has 2 atom stereocenters. The molecule has 6 nitrogen and oxygen atoms in total. The lowest BCUT2D eigenvalue weighted by Gasteiger charge is -2.47. The van der Waals surface area contributed by atoms with E-state index in [2.05, 4.69) is 40.5 Å². The minimum Gasteiger partial charge on any atom is -0.356 e. The van der Waals surface area contributed by atoms with E-state index in [9.17, 15) is 13.2 Å². The summed E-state index contributed by atoms with van der Waals surface area (Å²) in [6.45, 7) is 9.24. The van der Waals surface area contributed by atoms with Crippen molar-refractivity contribution >= 4 is 27.5 Å². The van der Waals surface area contributed by atoms with Crippen LogP contribution in [0.2, 0.25) is 5.02 Å². The molecule has 236 valence electrons. The molecule has 2 unspecified atom stereocenters.